The standard InChI is InChI=1S/C8H14N2O2/c1-8(2,12)7(11)10-9-5-6-3-4-6/h5-6,12H,3-4H2,1-2H3,(H,10,11)/b9-5+. The van der Waals surface area contributed by atoms with E-state index in [1.54, 1.807) is 6.21 Å². The molecule has 0 radical (unpaired) electrons. The van der Waals surface area contributed by atoms with Crippen LogP contribution in [0.1, 0.15) is 26.7 Å². The summed E-state index contributed by atoms with van der Waals surface area (Å²) in [6.07, 6.45) is 4.02. The largest absolute Gasteiger partial charge is 0.381 e. The van der Waals surface area contributed by atoms with Crippen molar-refractivity contribution >= 4 is 12.1 Å². The van der Waals surface area contributed by atoms with Gasteiger partial charge in [0.25, 0.3) is 5.91 Å². The van der Waals surface area contributed by atoms with E-state index in [0.717, 1.165) is 12.8 Å². The molecule has 1 fully saturated rings. The maximum atomic E-state index is 11.0. The van der Waals surface area contributed by atoms with Crippen LogP contribution >= 0.6 is 0 Å². The van der Waals surface area contributed by atoms with Crippen LogP contribution in [-0.2, 0) is 4.79 Å². The number of hydrazone groups is 1. The third-order valence-electron chi connectivity index (χ3n) is 1.63. The molecule has 0 aromatic heterocycles. The molecule has 0 aliphatic heterocycles. The lowest BCUT2D eigenvalue weighted by Gasteiger charge is -2.13. The summed E-state index contributed by atoms with van der Waals surface area (Å²) in [6.45, 7) is 2.85. The lowest BCUT2D eigenvalue weighted by Crippen LogP contribution is -2.39. The highest BCUT2D eigenvalue weighted by atomic mass is 16.3. The van der Waals surface area contributed by atoms with Gasteiger partial charge in [-0.15, -0.1) is 0 Å². The Morgan fingerprint density at radius 3 is 2.67 bits per heavy atom. The Labute approximate surface area is 71.7 Å². The highest BCUT2D eigenvalue weighted by molar-refractivity contribution is 5.84. The monoisotopic (exact) mass is 170 g/mol. The van der Waals surface area contributed by atoms with Gasteiger partial charge in [0.15, 0.2) is 0 Å². The van der Waals surface area contributed by atoms with Gasteiger partial charge in [-0.05, 0) is 32.6 Å². The van der Waals surface area contributed by atoms with Crippen LogP contribution in [0.3, 0.4) is 0 Å². The SMILES string of the molecule is CC(C)(O)C(=O)N/N=C/C1CC1. The molecular formula is C8H14N2O2. The predicted molar refractivity (Wildman–Crippen MR) is 45.7 cm³/mol. The van der Waals surface area contributed by atoms with Gasteiger partial charge in [-0.2, -0.15) is 5.10 Å². The summed E-state index contributed by atoms with van der Waals surface area (Å²) in [5.41, 5.74) is 0.928. The van der Waals surface area contributed by atoms with E-state index in [0.29, 0.717) is 5.92 Å². The predicted octanol–water partition coefficient (Wildman–Crippen LogP) is 0.269. The zero-order valence-electron chi connectivity index (χ0n) is 7.37. The first-order valence-corrected chi connectivity index (χ1v) is 4.06. The number of hydrogen-bond acceptors (Lipinski definition) is 3. The Hall–Kier alpha value is -0.900. The molecule has 0 atom stereocenters. The van der Waals surface area contributed by atoms with Crippen molar-refractivity contribution < 1.29 is 9.90 Å². The smallest absolute Gasteiger partial charge is 0.271 e. The Morgan fingerprint density at radius 2 is 2.25 bits per heavy atom. The summed E-state index contributed by atoms with van der Waals surface area (Å²) >= 11 is 0. The summed E-state index contributed by atoms with van der Waals surface area (Å²) < 4.78 is 0. The first kappa shape index (κ1) is 9.19. The van der Waals surface area contributed by atoms with Crippen molar-refractivity contribution in [3.63, 3.8) is 0 Å². The number of nitrogens with one attached hydrogen (secondary N) is 1. The van der Waals surface area contributed by atoms with Crippen LogP contribution in [0.2, 0.25) is 0 Å². The molecule has 12 heavy (non-hydrogen) atoms. The summed E-state index contributed by atoms with van der Waals surface area (Å²) in [5, 5.41) is 12.9. The summed E-state index contributed by atoms with van der Waals surface area (Å²) in [5.74, 6) is 0.0616. The van der Waals surface area contributed by atoms with E-state index in [1.807, 2.05) is 0 Å². The number of nitrogens with zero attached hydrogens (tertiary/aromatic N) is 1. The molecule has 1 amide bonds. The molecule has 2 N–H and O–H groups in total. The van der Waals surface area contributed by atoms with Gasteiger partial charge in [0.05, 0.1) is 0 Å². The Balaban J connectivity index is 2.26. The van der Waals surface area contributed by atoms with Crippen LogP contribution in [0, 0.1) is 5.92 Å². The van der Waals surface area contributed by atoms with Crippen LogP contribution in [0.5, 0.6) is 0 Å². The molecule has 1 rings (SSSR count). The van der Waals surface area contributed by atoms with E-state index in [1.165, 1.54) is 13.8 Å². The molecule has 4 nitrogen and oxygen atoms in total. The maximum Gasteiger partial charge on any atom is 0.271 e. The number of amides is 1. The fourth-order valence-corrected chi connectivity index (χ4v) is 0.583. The highest BCUT2D eigenvalue weighted by Gasteiger charge is 2.23. The third kappa shape index (κ3) is 3.00. The summed E-state index contributed by atoms with van der Waals surface area (Å²) in [6, 6.07) is 0. The molecule has 0 aromatic rings. The summed E-state index contributed by atoms with van der Waals surface area (Å²) in [4.78, 5) is 11.0. The van der Waals surface area contributed by atoms with Crippen molar-refractivity contribution in [3.05, 3.63) is 0 Å². The number of hydrogen-bond donors (Lipinski definition) is 2. The highest BCUT2D eigenvalue weighted by Crippen LogP contribution is 2.25. The second kappa shape index (κ2) is 3.23. The fraction of sp³-hybridized carbons (Fsp3) is 0.750. The maximum absolute atomic E-state index is 11.0. The van der Waals surface area contributed by atoms with Gasteiger partial charge >= 0.3 is 0 Å². The van der Waals surface area contributed by atoms with Crippen LogP contribution in [-0.4, -0.2) is 22.8 Å². The fourth-order valence-electron chi connectivity index (χ4n) is 0.583. The normalized spacial score (nSPS) is 18.2. The minimum absolute atomic E-state index is 0.473. The lowest BCUT2D eigenvalue weighted by atomic mass is 10.1. The van der Waals surface area contributed by atoms with E-state index in [2.05, 4.69) is 10.5 Å². The number of rotatable bonds is 3. The molecule has 68 valence electrons. The van der Waals surface area contributed by atoms with E-state index in [-0.39, 0.29) is 0 Å². The third-order valence-corrected chi connectivity index (χ3v) is 1.63. The molecule has 4 heteroatoms. The molecule has 0 aromatic carbocycles. The second-order valence-corrected chi connectivity index (χ2v) is 3.62. The van der Waals surface area contributed by atoms with Crippen molar-refractivity contribution in [2.24, 2.45) is 11.0 Å². The summed E-state index contributed by atoms with van der Waals surface area (Å²) in [7, 11) is 0. The minimum Gasteiger partial charge on any atom is -0.381 e. The molecule has 0 unspecified atom stereocenters. The first-order valence-electron chi connectivity index (χ1n) is 4.06. The Bertz CT molecular complexity index is 202. The van der Waals surface area contributed by atoms with Crippen LogP contribution in [0.4, 0.5) is 0 Å². The molecule has 1 saturated carbocycles. The molecule has 0 saturated heterocycles. The van der Waals surface area contributed by atoms with Crippen molar-refractivity contribution in [3.8, 4) is 0 Å². The van der Waals surface area contributed by atoms with E-state index in [9.17, 15) is 9.90 Å². The number of carbonyl (C=O) groups excluding carboxylic acids is 1. The van der Waals surface area contributed by atoms with Crippen LogP contribution in [0.25, 0.3) is 0 Å². The first-order chi connectivity index (χ1) is 5.50. The van der Waals surface area contributed by atoms with Crippen molar-refractivity contribution in [2.75, 3.05) is 0 Å². The van der Waals surface area contributed by atoms with Gasteiger partial charge in [-0.1, -0.05) is 0 Å². The zero-order valence-corrected chi connectivity index (χ0v) is 7.37. The molecular weight excluding hydrogens is 156 g/mol. The molecule has 0 bridgehead atoms. The Morgan fingerprint density at radius 1 is 1.67 bits per heavy atom. The van der Waals surface area contributed by atoms with Gasteiger partial charge in [0.1, 0.15) is 5.60 Å². The molecule has 1 aliphatic carbocycles. The van der Waals surface area contributed by atoms with E-state index >= 15 is 0 Å². The van der Waals surface area contributed by atoms with E-state index in [4.69, 9.17) is 0 Å². The minimum atomic E-state index is -1.35. The second-order valence-electron chi connectivity index (χ2n) is 3.62. The van der Waals surface area contributed by atoms with Crippen LogP contribution in [0.15, 0.2) is 5.10 Å². The lowest BCUT2D eigenvalue weighted by molar-refractivity contribution is -0.136. The zero-order chi connectivity index (χ0) is 9.19. The van der Waals surface area contributed by atoms with Crippen molar-refractivity contribution in [2.45, 2.75) is 32.3 Å². The van der Waals surface area contributed by atoms with Crippen LogP contribution < -0.4 is 5.43 Å². The average Bonchev–Trinajstić information content (AvgIpc) is 2.69. The van der Waals surface area contributed by atoms with Gasteiger partial charge in [0, 0.05) is 6.21 Å². The van der Waals surface area contributed by atoms with Crippen molar-refractivity contribution in [1.29, 1.82) is 0 Å². The molecule has 0 spiro atoms. The quantitative estimate of drug-likeness (QED) is 0.471. The van der Waals surface area contributed by atoms with Crippen molar-refractivity contribution in [1.82, 2.24) is 5.43 Å². The Kier molecular flexibility index (Phi) is 2.47. The number of aliphatic hydroxyl groups is 1. The van der Waals surface area contributed by atoms with Gasteiger partial charge in [0.2, 0.25) is 0 Å². The number of carbonyl (C=O) groups is 1. The molecule has 1 aliphatic rings. The van der Waals surface area contributed by atoms with E-state index < -0.39 is 11.5 Å². The molecule has 0 heterocycles. The average molecular weight is 170 g/mol. The van der Waals surface area contributed by atoms with Gasteiger partial charge in [-0.25, -0.2) is 5.43 Å². The van der Waals surface area contributed by atoms with Gasteiger partial charge < -0.3 is 5.11 Å². The topological polar surface area (TPSA) is 61.7 Å². The van der Waals surface area contributed by atoms with Gasteiger partial charge in [-0.3, -0.25) is 4.79 Å².